The van der Waals surface area contributed by atoms with Crippen LogP contribution in [0.25, 0.3) is 0 Å². The third-order valence-corrected chi connectivity index (χ3v) is 4.65. The fourth-order valence-corrected chi connectivity index (χ4v) is 3.05. The van der Waals surface area contributed by atoms with Crippen molar-refractivity contribution in [3.8, 4) is 5.75 Å². The second-order valence-electron chi connectivity index (χ2n) is 6.50. The first-order valence-electron chi connectivity index (χ1n) is 8.69. The maximum atomic E-state index is 12.9. The molecule has 1 saturated heterocycles. The topological polar surface area (TPSA) is 136 Å². The molecule has 1 fully saturated rings. The van der Waals surface area contributed by atoms with Crippen molar-refractivity contribution >= 4 is 12.0 Å². The Kier molecular flexibility index (Phi) is 5.57. The number of nitrogens with zero attached hydrogens (tertiary/aromatic N) is 2. The molecule has 4 N–H and O–H groups in total. The van der Waals surface area contributed by atoms with Crippen molar-refractivity contribution in [3.05, 3.63) is 57.5 Å². The van der Waals surface area contributed by atoms with Gasteiger partial charge in [0.1, 0.15) is 11.6 Å². The molecule has 1 aliphatic heterocycles. The summed E-state index contributed by atoms with van der Waals surface area (Å²) in [6.07, 6.45) is -0.126. The number of hydrogen-bond acceptors (Lipinski definition) is 5. The molecule has 3 rings (SSSR count). The van der Waals surface area contributed by atoms with Crippen LogP contribution in [0.3, 0.4) is 0 Å². The Labute approximate surface area is 158 Å². The normalized spacial score (nSPS) is 14.7. The van der Waals surface area contributed by atoms with Crippen molar-refractivity contribution in [2.24, 2.45) is 0 Å². The van der Waals surface area contributed by atoms with Gasteiger partial charge in [-0.05, 0) is 30.5 Å². The number of nitrogens with one attached hydrogen (secondary N) is 2. The average molecular weight is 390 g/mol. The van der Waals surface area contributed by atoms with Crippen molar-refractivity contribution in [1.29, 1.82) is 0 Å². The number of H-pyrrole nitrogens is 1. The molecule has 2 amide bonds. The Balaban J connectivity index is 1.74. The Morgan fingerprint density at radius 3 is 2.50 bits per heavy atom. The summed E-state index contributed by atoms with van der Waals surface area (Å²) in [6.45, 7) is 0.646. The molecular formula is C18H19FN4O5. The molecule has 2 aromatic rings. The van der Waals surface area contributed by atoms with Crippen molar-refractivity contribution in [2.75, 3.05) is 13.1 Å². The zero-order valence-electron chi connectivity index (χ0n) is 14.8. The summed E-state index contributed by atoms with van der Waals surface area (Å²) in [5, 5.41) is 21.5. The predicted molar refractivity (Wildman–Crippen MR) is 95.7 cm³/mol. The van der Waals surface area contributed by atoms with Gasteiger partial charge in [0.25, 0.3) is 11.5 Å². The summed E-state index contributed by atoms with van der Waals surface area (Å²) >= 11 is 0. The molecule has 0 atom stereocenters. The lowest BCUT2D eigenvalue weighted by molar-refractivity contribution is 0.0941. The molecule has 1 aromatic carbocycles. The molecular weight excluding hydrogens is 371 g/mol. The number of rotatable bonds is 4. The fraction of sp³-hybridized carbons (Fsp3) is 0.333. The molecule has 148 valence electrons. The Morgan fingerprint density at radius 1 is 1.25 bits per heavy atom. The van der Waals surface area contributed by atoms with Gasteiger partial charge < -0.3 is 25.4 Å². The molecule has 0 unspecified atom stereocenters. The molecule has 0 bridgehead atoms. The maximum Gasteiger partial charge on any atom is 0.407 e. The number of likely N-dealkylation sites (tertiary alicyclic amines) is 1. The monoisotopic (exact) mass is 390 g/mol. The highest BCUT2D eigenvalue weighted by Gasteiger charge is 2.27. The lowest BCUT2D eigenvalue weighted by Crippen LogP contribution is -2.37. The van der Waals surface area contributed by atoms with Gasteiger partial charge in [0, 0.05) is 25.6 Å². The minimum Gasteiger partial charge on any atom is -0.501 e. The van der Waals surface area contributed by atoms with Crippen LogP contribution in [0.1, 0.15) is 40.6 Å². The molecule has 0 radical (unpaired) electrons. The van der Waals surface area contributed by atoms with Crippen LogP contribution in [0.4, 0.5) is 9.18 Å². The van der Waals surface area contributed by atoms with Crippen LogP contribution in [0.5, 0.6) is 5.75 Å². The highest BCUT2D eigenvalue weighted by molar-refractivity contribution is 5.94. The smallest absolute Gasteiger partial charge is 0.407 e. The summed E-state index contributed by atoms with van der Waals surface area (Å²) in [5.41, 5.74) is -0.598. The average Bonchev–Trinajstić information content (AvgIpc) is 2.69. The number of halogens is 1. The highest BCUT2D eigenvalue weighted by atomic mass is 19.1. The predicted octanol–water partition coefficient (Wildman–Crippen LogP) is 1.40. The number of aromatic hydroxyl groups is 1. The minimum absolute atomic E-state index is 0.0688. The number of benzene rings is 1. The number of aromatic amines is 1. The third-order valence-electron chi connectivity index (χ3n) is 4.65. The van der Waals surface area contributed by atoms with E-state index in [-0.39, 0.29) is 31.4 Å². The number of piperidine rings is 1. The van der Waals surface area contributed by atoms with Crippen LogP contribution in [0.15, 0.2) is 29.1 Å². The van der Waals surface area contributed by atoms with Gasteiger partial charge >= 0.3 is 6.09 Å². The standard InChI is InChI=1S/C18H19FN4O5/c19-12-3-1-10(2-4-12)9-20-16(25)13-14(24)17(26)22-15(21-13)11-5-7-23(8-6-11)18(27)28/h1-4,11,24H,5-9H2,(H,20,25)(H,27,28)(H,21,22,26). The molecule has 0 saturated carbocycles. The summed E-state index contributed by atoms with van der Waals surface area (Å²) in [5.74, 6) is -1.92. The fourth-order valence-electron chi connectivity index (χ4n) is 3.05. The zero-order chi connectivity index (χ0) is 20.3. The summed E-state index contributed by atoms with van der Waals surface area (Å²) < 4.78 is 12.9. The summed E-state index contributed by atoms with van der Waals surface area (Å²) in [4.78, 5) is 43.2. The zero-order valence-corrected chi connectivity index (χ0v) is 14.8. The van der Waals surface area contributed by atoms with Gasteiger partial charge in [0.05, 0.1) is 0 Å². The van der Waals surface area contributed by atoms with Crippen LogP contribution in [-0.2, 0) is 6.54 Å². The molecule has 10 heteroatoms. The molecule has 0 spiro atoms. The van der Waals surface area contributed by atoms with Gasteiger partial charge in [-0.15, -0.1) is 0 Å². The van der Waals surface area contributed by atoms with Crippen LogP contribution >= 0.6 is 0 Å². The Hall–Kier alpha value is -3.43. The third kappa shape index (κ3) is 4.27. The highest BCUT2D eigenvalue weighted by Crippen LogP contribution is 2.26. The van der Waals surface area contributed by atoms with Gasteiger partial charge in [-0.1, -0.05) is 12.1 Å². The maximum absolute atomic E-state index is 12.9. The van der Waals surface area contributed by atoms with Gasteiger partial charge in [0.15, 0.2) is 5.69 Å². The second-order valence-corrected chi connectivity index (χ2v) is 6.50. The first-order chi connectivity index (χ1) is 13.3. The van der Waals surface area contributed by atoms with E-state index < -0.39 is 34.8 Å². The van der Waals surface area contributed by atoms with Crippen molar-refractivity contribution in [3.63, 3.8) is 0 Å². The summed E-state index contributed by atoms with van der Waals surface area (Å²) in [6, 6.07) is 5.52. The summed E-state index contributed by atoms with van der Waals surface area (Å²) in [7, 11) is 0. The van der Waals surface area contributed by atoms with Crippen molar-refractivity contribution < 1.29 is 24.2 Å². The first-order valence-corrected chi connectivity index (χ1v) is 8.69. The minimum atomic E-state index is -1.01. The van der Waals surface area contributed by atoms with E-state index in [1.54, 1.807) is 0 Å². The van der Waals surface area contributed by atoms with Crippen LogP contribution in [-0.4, -0.2) is 50.2 Å². The number of carboxylic acid groups (broad SMARTS) is 1. The Bertz CT molecular complexity index is 936. The van der Waals surface area contributed by atoms with Gasteiger partial charge in [-0.25, -0.2) is 14.2 Å². The lowest BCUT2D eigenvalue weighted by atomic mass is 9.96. The number of carbonyl (C=O) groups excluding carboxylic acids is 1. The van der Waals surface area contributed by atoms with E-state index in [9.17, 15) is 23.9 Å². The van der Waals surface area contributed by atoms with Crippen LogP contribution in [0, 0.1) is 5.82 Å². The van der Waals surface area contributed by atoms with E-state index in [1.165, 1.54) is 29.2 Å². The second kappa shape index (κ2) is 8.07. The largest absolute Gasteiger partial charge is 0.501 e. The SMILES string of the molecule is O=C(NCc1ccc(F)cc1)c1nc(C2CCN(C(=O)O)CC2)[nH]c(=O)c1O. The van der Waals surface area contributed by atoms with Crippen LogP contribution in [0.2, 0.25) is 0 Å². The van der Waals surface area contributed by atoms with Gasteiger partial charge in [-0.2, -0.15) is 0 Å². The molecule has 1 aromatic heterocycles. The molecule has 2 heterocycles. The van der Waals surface area contributed by atoms with E-state index in [0.717, 1.165) is 0 Å². The van der Waals surface area contributed by atoms with Gasteiger partial charge in [0.2, 0.25) is 5.75 Å². The van der Waals surface area contributed by atoms with E-state index in [0.29, 0.717) is 18.4 Å². The van der Waals surface area contributed by atoms with E-state index >= 15 is 0 Å². The number of aromatic nitrogens is 2. The van der Waals surface area contributed by atoms with Crippen molar-refractivity contribution in [1.82, 2.24) is 20.2 Å². The number of amides is 2. The van der Waals surface area contributed by atoms with E-state index in [2.05, 4.69) is 15.3 Å². The lowest BCUT2D eigenvalue weighted by Gasteiger charge is -2.29. The number of carbonyl (C=O) groups is 2. The molecule has 28 heavy (non-hydrogen) atoms. The quantitative estimate of drug-likeness (QED) is 0.623. The first kappa shape index (κ1) is 19.3. The molecule has 0 aliphatic carbocycles. The van der Waals surface area contributed by atoms with E-state index in [1.807, 2.05) is 0 Å². The Morgan fingerprint density at radius 2 is 1.89 bits per heavy atom. The number of hydrogen-bond donors (Lipinski definition) is 4. The van der Waals surface area contributed by atoms with E-state index in [4.69, 9.17) is 5.11 Å². The van der Waals surface area contributed by atoms with Crippen molar-refractivity contribution in [2.45, 2.75) is 25.3 Å². The van der Waals surface area contributed by atoms with Gasteiger partial charge in [-0.3, -0.25) is 9.59 Å². The molecule has 9 nitrogen and oxygen atoms in total. The molecule has 1 aliphatic rings. The van der Waals surface area contributed by atoms with Crippen LogP contribution < -0.4 is 10.9 Å².